The van der Waals surface area contributed by atoms with Crippen LogP contribution < -0.4 is 10.1 Å². The molecule has 1 aliphatic carbocycles. The highest BCUT2D eigenvalue weighted by Gasteiger charge is 2.10. The van der Waals surface area contributed by atoms with Gasteiger partial charge >= 0.3 is 0 Å². The van der Waals surface area contributed by atoms with Crippen molar-refractivity contribution in [3.05, 3.63) is 35.9 Å². The maximum absolute atomic E-state index is 11.9. The second-order valence-corrected chi connectivity index (χ2v) is 5.43. The maximum atomic E-state index is 11.9. The largest absolute Gasteiger partial charge is 0.496 e. The van der Waals surface area contributed by atoms with Gasteiger partial charge in [-0.05, 0) is 43.0 Å². The summed E-state index contributed by atoms with van der Waals surface area (Å²) >= 11 is 0. The Morgan fingerprint density at radius 2 is 2.14 bits per heavy atom. The van der Waals surface area contributed by atoms with Crippen LogP contribution >= 0.6 is 0 Å². The lowest BCUT2D eigenvalue weighted by molar-refractivity contribution is -0.111. The molecule has 21 heavy (non-hydrogen) atoms. The van der Waals surface area contributed by atoms with Crippen molar-refractivity contribution >= 4 is 11.6 Å². The Labute approximate surface area is 125 Å². The summed E-state index contributed by atoms with van der Waals surface area (Å²) in [5.41, 5.74) is 1.32. The van der Waals surface area contributed by atoms with E-state index in [4.69, 9.17) is 4.74 Å². The third kappa shape index (κ3) is 4.60. The monoisotopic (exact) mass is 289 g/mol. The van der Waals surface area contributed by atoms with E-state index in [2.05, 4.69) is 5.32 Å². The first kappa shape index (κ1) is 15.6. The number of nitrogens with one attached hydrogen (secondary N) is 1. The van der Waals surface area contributed by atoms with Crippen molar-refractivity contribution in [3.8, 4) is 5.75 Å². The number of carbonyl (C=O) groups excluding carboxylic acids is 1. The fourth-order valence-electron chi connectivity index (χ4n) is 2.71. The zero-order valence-electron chi connectivity index (χ0n) is 12.5. The van der Waals surface area contributed by atoms with Crippen molar-refractivity contribution in [2.75, 3.05) is 12.4 Å². The van der Waals surface area contributed by atoms with Crippen LogP contribution in [0, 0.1) is 5.92 Å². The van der Waals surface area contributed by atoms with E-state index in [1.165, 1.54) is 32.1 Å². The molecule has 0 radical (unpaired) electrons. The normalized spacial score (nSPS) is 16.1. The predicted molar refractivity (Wildman–Crippen MR) is 83.3 cm³/mol. The lowest BCUT2D eigenvalue weighted by atomic mass is 9.89. The Bertz CT molecular complexity index is 505. The summed E-state index contributed by atoms with van der Waals surface area (Å²) < 4.78 is 5.14. The highest BCUT2D eigenvalue weighted by Crippen LogP contribution is 2.25. The van der Waals surface area contributed by atoms with Crippen LogP contribution in [0.2, 0.25) is 0 Å². The van der Waals surface area contributed by atoms with Crippen LogP contribution in [0.25, 0.3) is 0 Å². The van der Waals surface area contributed by atoms with Gasteiger partial charge in [0.2, 0.25) is 5.91 Å². The molecule has 2 N–H and O–H groups in total. The molecule has 0 heterocycles. The molecule has 1 aliphatic rings. The fourth-order valence-corrected chi connectivity index (χ4v) is 2.71. The van der Waals surface area contributed by atoms with Gasteiger partial charge in [0.05, 0.1) is 13.7 Å². The van der Waals surface area contributed by atoms with E-state index >= 15 is 0 Å². The van der Waals surface area contributed by atoms with E-state index in [-0.39, 0.29) is 12.5 Å². The Morgan fingerprint density at radius 1 is 1.38 bits per heavy atom. The Kier molecular flexibility index (Phi) is 5.81. The van der Waals surface area contributed by atoms with Crippen molar-refractivity contribution < 1.29 is 14.6 Å². The van der Waals surface area contributed by atoms with Crippen LogP contribution in [-0.4, -0.2) is 18.1 Å². The van der Waals surface area contributed by atoms with Crippen molar-refractivity contribution in [2.45, 2.75) is 38.7 Å². The van der Waals surface area contributed by atoms with Crippen LogP contribution in [0.3, 0.4) is 0 Å². The van der Waals surface area contributed by atoms with E-state index in [0.717, 1.165) is 0 Å². The summed E-state index contributed by atoms with van der Waals surface area (Å²) in [7, 11) is 1.56. The molecule has 0 aliphatic heterocycles. The number of ether oxygens (including phenoxy) is 1. The number of methoxy groups -OCH3 is 1. The summed E-state index contributed by atoms with van der Waals surface area (Å²) in [5.74, 6) is 1.02. The first-order valence-electron chi connectivity index (χ1n) is 7.50. The molecule has 0 saturated heterocycles. The van der Waals surface area contributed by atoms with E-state index in [1.807, 2.05) is 6.08 Å². The molecule has 114 valence electrons. The molecule has 4 nitrogen and oxygen atoms in total. The van der Waals surface area contributed by atoms with Crippen LogP contribution in [0.15, 0.2) is 30.4 Å². The molecule has 4 heteroatoms. The lowest BCUT2D eigenvalue weighted by Crippen LogP contribution is -2.10. The topological polar surface area (TPSA) is 58.6 Å². The molecule has 0 unspecified atom stereocenters. The number of benzene rings is 1. The van der Waals surface area contributed by atoms with Crippen LogP contribution in [0.1, 0.15) is 37.7 Å². The molecule has 0 bridgehead atoms. The van der Waals surface area contributed by atoms with Gasteiger partial charge in [0, 0.05) is 11.3 Å². The van der Waals surface area contributed by atoms with Crippen molar-refractivity contribution in [2.24, 2.45) is 5.92 Å². The molecule has 1 saturated carbocycles. The van der Waals surface area contributed by atoms with Gasteiger partial charge in [0.25, 0.3) is 0 Å². The first-order chi connectivity index (χ1) is 10.2. The number of carbonyl (C=O) groups is 1. The quantitative estimate of drug-likeness (QED) is 0.818. The second-order valence-electron chi connectivity index (χ2n) is 5.43. The van der Waals surface area contributed by atoms with Crippen LogP contribution in [0.5, 0.6) is 5.75 Å². The standard InChI is InChI=1S/C17H23NO3/c1-21-16-9-8-15(11-14(16)12-19)18-17(20)10-7-13-5-3-2-4-6-13/h7-11,13,19H,2-6,12H2,1H3,(H,18,20)/b10-7+. The average Bonchev–Trinajstić information content (AvgIpc) is 2.53. The third-order valence-electron chi connectivity index (χ3n) is 3.89. The summed E-state index contributed by atoms with van der Waals surface area (Å²) in [6.45, 7) is -0.120. The molecular formula is C17H23NO3. The summed E-state index contributed by atoms with van der Waals surface area (Å²) in [6.07, 6.45) is 9.84. The summed E-state index contributed by atoms with van der Waals surface area (Å²) in [4.78, 5) is 11.9. The minimum absolute atomic E-state index is 0.120. The SMILES string of the molecule is COc1ccc(NC(=O)/C=C/C2CCCCC2)cc1CO. The van der Waals surface area contributed by atoms with Gasteiger partial charge in [-0.15, -0.1) is 0 Å². The lowest BCUT2D eigenvalue weighted by Gasteiger charge is -2.17. The minimum Gasteiger partial charge on any atom is -0.496 e. The summed E-state index contributed by atoms with van der Waals surface area (Å²) in [5, 5.41) is 12.1. The number of hydrogen-bond acceptors (Lipinski definition) is 3. The Morgan fingerprint density at radius 3 is 2.81 bits per heavy atom. The molecule has 1 aromatic rings. The summed E-state index contributed by atoms with van der Waals surface area (Å²) in [6, 6.07) is 5.24. The molecule has 0 atom stereocenters. The smallest absolute Gasteiger partial charge is 0.248 e. The molecule has 0 spiro atoms. The molecule has 1 aromatic carbocycles. The van der Waals surface area contributed by atoms with Crippen LogP contribution in [-0.2, 0) is 11.4 Å². The maximum Gasteiger partial charge on any atom is 0.248 e. The van der Waals surface area contributed by atoms with Crippen molar-refractivity contribution in [3.63, 3.8) is 0 Å². The molecule has 2 rings (SSSR count). The molecule has 1 amide bonds. The number of allylic oxidation sites excluding steroid dienone is 1. The predicted octanol–water partition coefficient (Wildman–Crippen LogP) is 3.26. The van der Waals surface area contributed by atoms with Gasteiger partial charge in [-0.25, -0.2) is 0 Å². The van der Waals surface area contributed by atoms with E-state index in [9.17, 15) is 9.90 Å². The van der Waals surface area contributed by atoms with Gasteiger partial charge in [-0.1, -0.05) is 25.3 Å². The highest BCUT2D eigenvalue weighted by molar-refractivity contribution is 5.99. The van der Waals surface area contributed by atoms with E-state index in [0.29, 0.717) is 22.9 Å². The minimum atomic E-state index is -0.130. The van der Waals surface area contributed by atoms with Gasteiger partial charge < -0.3 is 15.2 Å². The average molecular weight is 289 g/mol. The van der Waals surface area contributed by atoms with E-state index < -0.39 is 0 Å². The van der Waals surface area contributed by atoms with Crippen LogP contribution in [0.4, 0.5) is 5.69 Å². The Balaban J connectivity index is 1.94. The Hall–Kier alpha value is -1.81. The van der Waals surface area contributed by atoms with Gasteiger partial charge in [0.1, 0.15) is 5.75 Å². The number of hydrogen-bond donors (Lipinski definition) is 2. The van der Waals surface area contributed by atoms with Crippen molar-refractivity contribution in [1.82, 2.24) is 0 Å². The third-order valence-corrected chi connectivity index (χ3v) is 3.89. The number of aliphatic hydroxyl groups is 1. The van der Waals surface area contributed by atoms with Gasteiger partial charge in [-0.3, -0.25) is 4.79 Å². The number of rotatable bonds is 5. The molecule has 1 fully saturated rings. The molecule has 0 aromatic heterocycles. The van der Waals surface area contributed by atoms with Gasteiger partial charge in [-0.2, -0.15) is 0 Å². The zero-order chi connectivity index (χ0) is 15.1. The fraction of sp³-hybridized carbons (Fsp3) is 0.471. The second kappa shape index (κ2) is 7.84. The zero-order valence-corrected chi connectivity index (χ0v) is 12.5. The van der Waals surface area contributed by atoms with E-state index in [1.54, 1.807) is 31.4 Å². The van der Waals surface area contributed by atoms with Gasteiger partial charge in [0.15, 0.2) is 0 Å². The first-order valence-corrected chi connectivity index (χ1v) is 7.50. The number of anilines is 1. The number of amides is 1. The highest BCUT2D eigenvalue weighted by atomic mass is 16.5. The van der Waals surface area contributed by atoms with Crippen molar-refractivity contribution in [1.29, 1.82) is 0 Å². The molecular weight excluding hydrogens is 266 g/mol. The number of aliphatic hydroxyl groups excluding tert-OH is 1.